The summed E-state index contributed by atoms with van der Waals surface area (Å²) in [6, 6.07) is 3.17. The van der Waals surface area contributed by atoms with Crippen molar-refractivity contribution in [3.63, 3.8) is 0 Å². The molecule has 0 saturated carbocycles. The summed E-state index contributed by atoms with van der Waals surface area (Å²) in [5, 5.41) is 15.8. The molecule has 2 N–H and O–H groups in total. The van der Waals surface area contributed by atoms with Crippen LogP contribution in [0.25, 0.3) is 5.65 Å². The van der Waals surface area contributed by atoms with Gasteiger partial charge in [0.1, 0.15) is 5.56 Å². The highest BCUT2D eigenvalue weighted by molar-refractivity contribution is 5.94. The van der Waals surface area contributed by atoms with Gasteiger partial charge in [0, 0.05) is 11.8 Å². The number of nitrogens with one attached hydrogen (secondary N) is 1. The number of hydrogen-bond donors (Lipinski definition) is 2. The van der Waals surface area contributed by atoms with Gasteiger partial charge in [-0.15, -0.1) is 0 Å². The van der Waals surface area contributed by atoms with E-state index in [0.29, 0.717) is 11.4 Å². The lowest BCUT2D eigenvalue weighted by atomic mass is 10.1. The number of ether oxygens (including phenoxy) is 1. The number of methoxy groups -OCH3 is 1. The van der Waals surface area contributed by atoms with Gasteiger partial charge in [-0.3, -0.25) is 0 Å². The second kappa shape index (κ2) is 6.11. The summed E-state index contributed by atoms with van der Waals surface area (Å²) < 4.78 is 20.5. The van der Waals surface area contributed by atoms with Crippen LogP contribution >= 0.6 is 0 Å². The van der Waals surface area contributed by atoms with Crippen LogP contribution in [0.15, 0.2) is 30.7 Å². The fourth-order valence-electron chi connectivity index (χ4n) is 2.33. The van der Waals surface area contributed by atoms with Crippen molar-refractivity contribution in [1.29, 1.82) is 0 Å². The molecule has 0 unspecified atom stereocenters. The van der Waals surface area contributed by atoms with Crippen LogP contribution in [-0.4, -0.2) is 37.8 Å². The van der Waals surface area contributed by atoms with E-state index >= 15 is 0 Å². The highest BCUT2D eigenvalue weighted by Crippen LogP contribution is 2.26. The Morgan fingerprint density at radius 2 is 2.29 bits per heavy atom. The molecule has 0 spiro atoms. The van der Waals surface area contributed by atoms with E-state index in [1.165, 1.54) is 7.11 Å². The molecular formula is C15H14FN5O3. The van der Waals surface area contributed by atoms with Crippen LogP contribution in [0.2, 0.25) is 0 Å². The van der Waals surface area contributed by atoms with Gasteiger partial charge in [0.15, 0.2) is 17.3 Å². The molecule has 0 fully saturated rings. The first-order valence-electron chi connectivity index (χ1n) is 7.04. The molecule has 0 radical (unpaired) electrons. The molecule has 1 atom stereocenters. The van der Waals surface area contributed by atoms with Crippen molar-refractivity contribution >= 4 is 17.4 Å². The summed E-state index contributed by atoms with van der Waals surface area (Å²) >= 11 is 0. The van der Waals surface area contributed by atoms with E-state index in [1.54, 1.807) is 25.3 Å². The SMILES string of the molecule is COc1ncccc1[C@@H](C)Nc1nc2c(C(=O)O)cnn2cc1F. The van der Waals surface area contributed by atoms with Crippen molar-refractivity contribution in [2.75, 3.05) is 12.4 Å². The van der Waals surface area contributed by atoms with E-state index in [4.69, 9.17) is 9.84 Å². The zero-order valence-corrected chi connectivity index (χ0v) is 12.9. The zero-order chi connectivity index (χ0) is 17.3. The van der Waals surface area contributed by atoms with E-state index in [1.807, 2.05) is 0 Å². The molecule has 9 heteroatoms. The number of nitrogens with zero attached hydrogens (tertiary/aromatic N) is 4. The van der Waals surface area contributed by atoms with Crippen LogP contribution in [-0.2, 0) is 0 Å². The van der Waals surface area contributed by atoms with Crippen molar-refractivity contribution in [2.24, 2.45) is 0 Å². The number of aromatic nitrogens is 4. The lowest BCUT2D eigenvalue weighted by molar-refractivity contribution is 0.0698. The number of halogens is 1. The van der Waals surface area contributed by atoms with Crippen molar-refractivity contribution in [3.05, 3.63) is 47.7 Å². The first-order valence-corrected chi connectivity index (χ1v) is 7.04. The maximum absolute atomic E-state index is 14.2. The van der Waals surface area contributed by atoms with E-state index in [2.05, 4.69) is 20.4 Å². The molecular weight excluding hydrogens is 317 g/mol. The minimum atomic E-state index is -1.18. The molecule has 3 heterocycles. The van der Waals surface area contributed by atoms with Gasteiger partial charge in [0.25, 0.3) is 0 Å². The van der Waals surface area contributed by atoms with Crippen molar-refractivity contribution in [2.45, 2.75) is 13.0 Å². The highest BCUT2D eigenvalue weighted by Gasteiger charge is 2.18. The number of hydrogen-bond acceptors (Lipinski definition) is 6. The Bertz CT molecular complexity index is 911. The highest BCUT2D eigenvalue weighted by atomic mass is 19.1. The van der Waals surface area contributed by atoms with E-state index in [9.17, 15) is 9.18 Å². The quantitative estimate of drug-likeness (QED) is 0.738. The Labute approximate surface area is 135 Å². The molecule has 0 aromatic carbocycles. The summed E-state index contributed by atoms with van der Waals surface area (Å²) in [5.74, 6) is -1.51. The number of aromatic carboxylic acids is 1. The third-order valence-corrected chi connectivity index (χ3v) is 3.49. The summed E-state index contributed by atoms with van der Waals surface area (Å²) in [4.78, 5) is 19.3. The van der Waals surface area contributed by atoms with Crippen LogP contribution in [0.1, 0.15) is 28.9 Å². The molecule has 24 heavy (non-hydrogen) atoms. The normalized spacial score (nSPS) is 12.1. The fraction of sp³-hybridized carbons (Fsp3) is 0.200. The van der Waals surface area contributed by atoms with E-state index in [0.717, 1.165) is 16.9 Å². The van der Waals surface area contributed by atoms with Crippen LogP contribution < -0.4 is 10.1 Å². The third-order valence-electron chi connectivity index (χ3n) is 3.49. The second-order valence-electron chi connectivity index (χ2n) is 5.04. The fourth-order valence-corrected chi connectivity index (χ4v) is 2.33. The van der Waals surface area contributed by atoms with Crippen molar-refractivity contribution in [3.8, 4) is 5.88 Å². The van der Waals surface area contributed by atoms with Crippen molar-refractivity contribution < 1.29 is 19.0 Å². The summed E-state index contributed by atoms with van der Waals surface area (Å²) in [6.45, 7) is 1.79. The van der Waals surface area contributed by atoms with Gasteiger partial charge < -0.3 is 15.2 Å². The lowest BCUT2D eigenvalue weighted by Crippen LogP contribution is -2.12. The average Bonchev–Trinajstić information content (AvgIpc) is 2.97. The lowest BCUT2D eigenvalue weighted by Gasteiger charge is -2.17. The van der Waals surface area contributed by atoms with Gasteiger partial charge in [0.2, 0.25) is 5.88 Å². The topological polar surface area (TPSA) is 102 Å². The van der Waals surface area contributed by atoms with Crippen LogP contribution in [0.3, 0.4) is 0 Å². The van der Waals surface area contributed by atoms with Gasteiger partial charge >= 0.3 is 5.97 Å². The Morgan fingerprint density at radius 3 is 3.00 bits per heavy atom. The molecule has 0 aliphatic carbocycles. The summed E-state index contributed by atoms with van der Waals surface area (Å²) in [5.41, 5.74) is 0.662. The molecule has 0 amide bonds. The zero-order valence-electron chi connectivity index (χ0n) is 12.9. The predicted molar refractivity (Wildman–Crippen MR) is 82.7 cm³/mol. The summed E-state index contributed by atoms with van der Waals surface area (Å²) in [6.07, 6.45) is 3.79. The molecule has 8 nitrogen and oxygen atoms in total. The average molecular weight is 331 g/mol. The largest absolute Gasteiger partial charge is 0.481 e. The molecule has 0 aliphatic rings. The van der Waals surface area contributed by atoms with Gasteiger partial charge in [-0.1, -0.05) is 6.07 Å². The molecule has 0 aliphatic heterocycles. The number of carbonyl (C=O) groups is 1. The Balaban J connectivity index is 1.98. The van der Waals surface area contributed by atoms with Crippen LogP contribution in [0, 0.1) is 5.82 Å². The number of anilines is 1. The number of carboxylic acids is 1. The van der Waals surface area contributed by atoms with Crippen LogP contribution in [0.4, 0.5) is 10.2 Å². The summed E-state index contributed by atoms with van der Waals surface area (Å²) in [7, 11) is 1.49. The number of carboxylic acid groups (broad SMARTS) is 1. The van der Waals surface area contributed by atoms with Gasteiger partial charge in [-0.25, -0.2) is 23.7 Å². The molecule has 3 rings (SSSR count). The van der Waals surface area contributed by atoms with Crippen LogP contribution in [0.5, 0.6) is 5.88 Å². The van der Waals surface area contributed by atoms with Gasteiger partial charge in [-0.2, -0.15) is 5.10 Å². The number of rotatable bonds is 5. The third kappa shape index (κ3) is 2.71. The van der Waals surface area contributed by atoms with Gasteiger partial charge in [-0.05, 0) is 13.0 Å². The number of pyridine rings is 1. The van der Waals surface area contributed by atoms with E-state index < -0.39 is 11.8 Å². The first kappa shape index (κ1) is 15.7. The molecule has 124 valence electrons. The Kier molecular flexibility index (Phi) is 3.98. The predicted octanol–water partition coefficient (Wildman–Crippen LogP) is 2.14. The maximum Gasteiger partial charge on any atom is 0.341 e. The molecule has 0 saturated heterocycles. The van der Waals surface area contributed by atoms with E-state index in [-0.39, 0.29) is 23.1 Å². The number of fused-ring (bicyclic) bond motifs is 1. The van der Waals surface area contributed by atoms with Gasteiger partial charge in [0.05, 0.1) is 25.5 Å². The minimum absolute atomic E-state index is 0.0525. The van der Waals surface area contributed by atoms with Crippen molar-refractivity contribution in [1.82, 2.24) is 19.6 Å². The molecule has 0 bridgehead atoms. The Hall–Kier alpha value is -3.23. The second-order valence-corrected chi connectivity index (χ2v) is 5.04. The minimum Gasteiger partial charge on any atom is -0.481 e. The molecule has 3 aromatic rings. The maximum atomic E-state index is 14.2. The smallest absolute Gasteiger partial charge is 0.341 e. The first-order chi connectivity index (χ1) is 11.5. The Morgan fingerprint density at radius 1 is 1.50 bits per heavy atom. The molecule has 3 aromatic heterocycles. The monoisotopic (exact) mass is 331 g/mol. The standard InChI is InChI=1S/C15H14FN5O3/c1-8(9-4-3-5-17-14(9)24-2)19-12-11(16)7-21-13(20-12)10(6-18-21)15(22)23/h3-8H,1-2H3,(H,19,20)(H,22,23)/t8-/m1/s1.